The smallest absolute Gasteiger partial charge is 0.225 e. The molecule has 2 saturated carbocycles. The second kappa shape index (κ2) is 9.76. The Kier molecular flexibility index (Phi) is 5.96. The summed E-state index contributed by atoms with van der Waals surface area (Å²) < 4.78 is 0. The predicted octanol–water partition coefficient (Wildman–Crippen LogP) is 4.12. The molecule has 216 valence electrons. The predicted molar refractivity (Wildman–Crippen MR) is 161 cm³/mol. The summed E-state index contributed by atoms with van der Waals surface area (Å²) in [4.78, 5) is 31.5. The highest BCUT2D eigenvalue weighted by Gasteiger charge is 2.54. The number of nitrogens with zero attached hydrogens (tertiary/aromatic N) is 7. The van der Waals surface area contributed by atoms with Crippen LogP contribution in [0.5, 0.6) is 5.75 Å². The van der Waals surface area contributed by atoms with E-state index in [0.29, 0.717) is 28.6 Å². The van der Waals surface area contributed by atoms with E-state index in [9.17, 15) is 9.90 Å². The summed E-state index contributed by atoms with van der Waals surface area (Å²) >= 11 is 0. The van der Waals surface area contributed by atoms with Crippen LogP contribution in [0.15, 0.2) is 42.7 Å². The highest BCUT2D eigenvalue weighted by Crippen LogP contribution is 2.59. The van der Waals surface area contributed by atoms with Gasteiger partial charge in [0.05, 0.1) is 29.8 Å². The van der Waals surface area contributed by atoms with Gasteiger partial charge in [-0.05, 0) is 56.2 Å². The number of rotatable bonds is 5. The Balaban J connectivity index is 0.946. The molecule has 1 spiro atoms. The fraction of sp³-hybridized carbons (Fsp3) is 0.469. The molecule has 4 aromatic rings. The number of phenols is 1. The number of phenolic OH excluding ortho intramolecular Hbond substituents is 1. The van der Waals surface area contributed by atoms with Gasteiger partial charge in [0.2, 0.25) is 5.95 Å². The Morgan fingerprint density at radius 2 is 1.76 bits per heavy atom. The van der Waals surface area contributed by atoms with Crippen molar-refractivity contribution in [2.75, 3.05) is 42.5 Å². The Bertz CT molecular complexity index is 1630. The minimum atomic E-state index is 0.0570. The molecule has 1 aromatic carbocycles. The van der Waals surface area contributed by atoms with Crippen LogP contribution < -0.4 is 9.80 Å². The van der Waals surface area contributed by atoms with Crippen LogP contribution in [0.2, 0.25) is 0 Å². The van der Waals surface area contributed by atoms with E-state index < -0.39 is 0 Å². The monoisotopic (exact) mass is 564 g/mol. The quantitative estimate of drug-likeness (QED) is 0.346. The molecule has 0 bridgehead atoms. The van der Waals surface area contributed by atoms with Crippen molar-refractivity contribution in [3.63, 3.8) is 0 Å². The standard InChI is InChI=1S/C32H36N8O2/c1-20-29-25-12-27(24-4-2-3-5-28(24)42)36-37-30(25)35-26(29)6-7-40(20)31-33-17-23(18-34-31)39-10-8-38(9-11-39)22-15-32(16-22)13-21(14-32)19-41/h2-5,12,17-22,42H,6-11,13-16H2,1H3,(H,35,37). The van der Waals surface area contributed by atoms with Crippen molar-refractivity contribution in [1.29, 1.82) is 0 Å². The Morgan fingerprint density at radius 3 is 2.50 bits per heavy atom. The van der Waals surface area contributed by atoms with Gasteiger partial charge in [0.1, 0.15) is 12.0 Å². The molecule has 0 amide bonds. The number of H-pyrrole nitrogens is 1. The first kappa shape index (κ1) is 25.6. The first-order valence-corrected chi connectivity index (χ1v) is 15.2. The van der Waals surface area contributed by atoms with Crippen molar-refractivity contribution in [1.82, 2.24) is 30.0 Å². The first-order valence-electron chi connectivity index (χ1n) is 15.2. The van der Waals surface area contributed by atoms with E-state index in [-0.39, 0.29) is 11.8 Å². The molecule has 8 rings (SSSR count). The van der Waals surface area contributed by atoms with Gasteiger partial charge in [0.25, 0.3) is 0 Å². The average Bonchev–Trinajstić information content (AvgIpc) is 3.36. The lowest BCUT2D eigenvalue weighted by molar-refractivity contribution is -0.129. The lowest BCUT2D eigenvalue weighted by Crippen LogP contribution is -2.60. The third-order valence-corrected chi connectivity index (χ3v) is 10.3. The van der Waals surface area contributed by atoms with Crippen LogP contribution in [0, 0.1) is 11.3 Å². The van der Waals surface area contributed by atoms with Crippen LogP contribution in [0.3, 0.4) is 0 Å². The number of aldehydes is 1. The van der Waals surface area contributed by atoms with Crippen molar-refractivity contribution in [2.45, 2.75) is 51.1 Å². The molecule has 10 heteroatoms. The molecule has 3 fully saturated rings. The molecular weight excluding hydrogens is 528 g/mol. The van der Waals surface area contributed by atoms with Crippen LogP contribution in [0.25, 0.3) is 22.3 Å². The molecule has 42 heavy (non-hydrogen) atoms. The number of para-hydroxylation sites is 1. The van der Waals surface area contributed by atoms with Crippen LogP contribution in [-0.2, 0) is 11.2 Å². The molecule has 5 heterocycles. The second-order valence-corrected chi connectivity index (χ2v) is 12.8. The van der Waals surface area contributed by atoms with Crippen molar-refractivity contribution < 1.29 is 9.90 Å². The van der Waals surface area contributed by atoms with E-state index in [4.69, 9.17) is 9.97 Å². The molecule has 0 radical (unpaired) electrons. The zero-order chi connectivity index (χ0) is 28.4. The lowest BCUT2D eigenvalue weighted by atomic mass is 9.50. The minimum absolute atomic E-state index is 0.0570. The molecule has 3 aromatic heterocycles. The molecule has 4 aliphatic rings. The minimum Gasteiger partial charge on any atom is -0.507 e. The number of hydrogen-bond acceptors (Lipinski definition) is 9. The number of hydrogen-bond donors (Lipinski definition) is 2. The summed E-state index contributed by atoms with van der Waals surface area (Å²) in [5, 5.41) is 20.2. The molecule has 10 nitrogen and oxygen atoms in total. The molecule has 1 atom stereocenters. The molecule has 1 saturated heterocycles. The summed E-state index contributed by atoms with van der Waals surface area (Å²) in [5.41, 5.74) is 6.01. The fourth-order valence-corrected chi connectivity index (χ4v) is 8.06. The summed E-state index contributed by atoms with van der Waals surface area (Å²) in [6.07, 6.45) is 10.7. The van der Waals surface area contributed by atoms with Crippen LogP contribution >= 0.6 is 0 Å². The number of nitrogens with one attached hydrogen (secondary N) is 1. The Hall–Kier alpha value is -4.05. The number of fused-ring (bicyclic) bond motifs is 3. The normalized spacial score (nSPS) is 27.5. The Morgan fingerprint density at radius 1 is 1.00 bits per heavy atom. The van der Waals surface area contributed by atoms with Gasteiger partial charge >= 0.3 is 0 Å². The van der Waals surface area contributed by atoms with Crippen LogP contribution in [0.4, 0.5) is 11.6 Å². The van der Waals surface area contributed by atoms with Crippen molar-refractivity contribution in [3.8, 4) is 17.0 Å². The third kappa shape index (κ3) is 4.14. The number of carbonyl (C=O) groups is 1. The van der Waals surface area contributed by atoms with Gasteiger partial charge in [0, 0.05) is 73.3 Å². The van der Waals surface area contributed by atoms with Crippen molar-refractivity contribution in [2.24, 2.45) is 11.3 Å². The van der Waals surface area contributed by atoms with Gasteiger partial charge in [-0.15, -0.1) is 10.2 Å². The average molecular weight is 565 g/mol. The number of aromatic hydroxyl groups is 1. The maximum atomic E-state index is 11.0. The summed E-state index contributed by atoms with van der Waals surface area (Å²) in [6, 6.07) is 9.99. The highest BCUT2D eigenvalue weighted by molar-refractivity contribution is 5.86. The van der Waals surface area contributed by atoms with Gasteiger partial charge in [-0.1, -0.05) is 12.1 Å². The lowest BCUT2D eigenvalue weighted by Gasteiger charge is -2.60. The first-order chi connectivity index (χ1) is 20.5. The maximum Gasteiger partial charge on any atom is 0.225 e. The van der Waals surface area contributed by atoms with Crippen LogP contribution in [-0.4, -0.2) is 80.2 Å². The van der Waals surface area contributed by atoms with Crippen LogP contribution in [0.1, 0.15) is 49.9 Å². The number of anilines is 2. The number of carbonyl (C=O) groups excluding carboxylic acids is 1. The number of aromatic amines is 1. The summed E-state index contributed by atoms with van der Waals surface area (Å²) in [6.45, 7) is 7.12. The number of aromatic nitrogens is 5. The van der Waals surface area contributed by atoms with E-state index in [1.807, 2.05) is 30.6 Å². The molecule has 2 N–H and O–H groups in total. The maximum absolute atomic E-state index is 11.0. The summed E-state index contributed by atoms with van der Waals surface area (Å²) in [5.74, 6) is 1.25. The van der Waals surface area contributed by atoms with Gasteiger partial charge in [0.15, 0.2) is 5.65 Å². The zero-order valence-electron chi connectivity index (χ0n) is 23.9. The fourth-order valence-electron chi connectivity index (χ4n) is 8.06. The van der Waals surface area contributed by atoms with E-state index in [2.05, 4.69) is 36.8 Å². The molecule has 2 aliphatic carbocycles. The van der Waals surface area contributed by atoms with E-state index in [1.165, 1.54) is 24.1 Å². The third-order valence-electron chi connectivity index (χ3n) is 10.3. The topological polar surface area (TPSA) is 114 Å². The largest absolute Gasteiger partial charge is 0.507 e. The van der Waals surface area contributed by atoms with Gasteiger partial charge < -0.3 is 24.7 Å². The van der Waals surface area contributed by atoms with Crippen molar-refractivity contribution >= 4 is 29.0 Å². The van der Waals surface area contributed by atoms with E-state index in [1.54, 1.807) is 12.1 Å². The van der Waals surface area contributed by atoms with Gasteiger partial charge in [-0.25, -0.2) is 9.97 Å². The number of benzene rings is 1. The van der Waals surface area contributed by atoms with E-state index >= 15 is 0 Å². The highest BCUT2D eigenvalue weighted by atomic mass is 16.3. The molecule has 2 aliphatic heterocycles. The molecule has 1 unspecified atom stereocenters. The van der Waals surface area contributed by atoms with Gasteiger partial charge in [-0.3, -0.25) is 4.90 Å². The Labute approximate surface area is 244 Å². The van der Waals surface area contributed by atoms with E-state index in [0.717, 1.165) is 80.9 Å². The molecular formula is C32H36N8O2. The second-order valence-electron chi connectivity index (χ2n) is 12.8. The number of piperazine rings is 1. The van der Waals surface area contributed by atoms with Crippen molar-refractivity contribution in [3.05, 3.63) is 54.0 Å². The summed E-state index contributed by atoms with van der Waals surface area (Å²) in [7, 11) is 0. The van der Waals surface area contributed by atoms with Gasteiger partial charge in [-0.2, -0.15) is 0 Å². The zero-order valence-corrected chi connectivity index (χ0v) is 23.9. The SMILES string of the molecule is CC1c2c([nH]c3nnc(-c4ccccc4O)cc23)CCN1c1ncc(N2CCN(C3CC4(CC(C=O)C4)C3)CC2)cn1.